The third-order valence-electron chi connectivity index (χ3n) is 0. The summed E-state index contributed by atoms with van der Waals surface area (Å²) in [7, 11) is -0.250. The van der Waals surface area contributed by atoms with Crippen molar-refractivity contribution < 1.29 is 40.0 Å². The first-order chi connectivity index (χ1) is 1.41. The van der Waals surface area contributed by atoms with E-state index in [0.717, 1.165) is 0 Å². The molecular weight excluding hydrogens is 260 g/mol. The van der Waals surface area contributed by atoms with Crippen molar-refractivity contribution in [3.8, 4) is 0 Å². The predicted octanol–water partition coefficient (Wildman–Crippen LogP) is -5.34. The Morgan fingerprint density at radius 3 is 1.00 bits per heavy atom. The topological polar surface area (TPSA) is 195 Å². The van der Waals surface area contributed by atoms with Gasteiger partial charge in [0, 0.05) is 0 Å². The van der Waals surface area contributed by atoms with Gasteiger partial charge in [-0.1, -0.05) is 0 Å². The maximum atomic E-state index is 8.36. The molecule has 0 fully saturated rings. The van der Waals surface area contributed by atoms with Gasteiger partial charge in [0.2, 0.25) is 0 Å². The molecule has 0 rings (SSSR count). The number of hydrogen-bond acceptors (Lipinski definition) is 1. The molecule has 0 spiro atoms. The van der Waals surface area contributed by atoms with Crippen LogP contribution < -0.4 is 0 Å². The van der Waals surface area contributed by atoms with Crippen molar-refractivity contribution in [1.82, 2.24) is 0 Å². The van der Waals surface area contributed by atoms with E-state index >= 15 is 0 Å². The monoisotopic (exact) mass is 274 g/mol. The second-order valence-electron chi connectivity index (χ2n) is 0.105. The molecule has 0 aliphatic rings. The zero-order valence-corrected chi connectivity index (χ0v) is 9.08. The molecule has 0 unspecified atom stereocenters. The van der Waals surface area contributed by atoms with Crippen LogP contribution in [0, 0.1) is 0 Å². The summed E-state index contributed by atoms with van der Waals surface area (Å²) in [4.78, 5) is 0. The Hall–Kier alpha value is 1.04. The van der Waals surface area contributed by atoms with E-state index in [2.05, 4.69) is 0 Å². The molecule has 9 heavy (non-hydrogen) atoms. The summed E-state index contributed by atoms with van der Waals surface area (Å²) in [5.74, 6) is 0. The van der Waals surface area contributed by atoms with Gasteiger partial charge in [-0.3, -0.25) is 0 Å². The molecule has 0 atom stereocenters. The Bertz CT molecular complexity index is 23.9. The standard InChI is InChI=1S/BHO2.Ba.5H2O.2H/c2-1-3;;;;;;;;/h2H;;5*1H2;;/q;+2;;;;;;2*-1. The van der Waals surface area contributed by atoms with Gasteiger partial charge >= 0.3 is 66.0 Å². The van der Waals surface area contributed by atoms with Gasteiger partial charge in [0.05, 0.1) is 0 Å². The maximum Gasteiger partial charge on any atom is 2.00 e. The first-order valence-electron chi connectivity index (χ1n) is 0.494. The molecule has 11 N–H and O–H groups in total. The summed E-state index contributed by atoms with van der Waals surface area (Å²) in [5.41, 5.74) is 0. The van der Waals surface area contributed by atoms with Crippen molar-refractivity contribution in [2.24, 2.45) is 0 Å². The van der Waals surface area contributed by atoms with Gasteiger partial charge in [0.15, 0.2) is 0 Å². The normalized spacial score (nSPS) is 0.889. The maximum absolute atomic E-state index is 8.36. The summed E-state index contributed by atoms with van der Waals surface area (Å²) in [6, 6.07) is 0. The molecule has 0 amide bonds. The molecule has 0 aliphatic carbocycles. The fourth-order valence-corrected chi connectivity index (χ4v) is 0. The molecule has 0 aromatic rings. The second kappa shape index (κ2) is 141. The van der Waals surface area contributed by atoms with Gasteiger partial charge in [0.1, 0.15) is 0 Å². The van der Waals surface area contributed by atoms with Crippen LogP contribution in [0.1, 0.15) is 2.85 Å². The van der Waals surface area contributed by atoms with Crippen LogP contribution in [0.5, 0.6) is 0 Å². The van der Waals surface area contributed by atoms with Crippen LogP contribution in [-0.4, -0.2) is 88.6 Å². The summed E-state index contributed by atoms with van der Waals surface area (Å²) in [6.07, 6.45) is 0. The fourth-order valence-electron chi connectivity index (χ4n) is 0. The average molecular weight is 273 g/mol. The zero-order chi connectivity index (χ0) is 2.71. The average Bonchev–Trinajstić information content (AvgIpc) is 0.918. The van der Waals surface area contributed by atoms with Crippen LogP contribution in [0.4, 0.5) is 0 Å². The third kappa shape index (κ3) is 417. The van der Waals surface area contributed by atoms with Crippen LogP contribution in [-0.2, 0) is 4.70 Å². The van der Waals surface area contributed by atoms with Crippen molar-refractivity contribution in [1.29, 1.82) is 0 Å². The van der Waals surface area contributed by atoms with Crippen molar-refractivity contribution in [3.63, 3.8) is 0 Å². The predicted molar refractivity (Wildman–Crippen MR) is 34.7 cm³/mol. The van der Waals surface area contributed by atoms with Gasteiger partial charge in [-0.15, -0.1) is 0 Å². The quantitative estimate of drug-likeness (QED) is 0.430. The molecule has 0 aromatic carbocycles. The smallest absolute Gasteiger partial charge is 1.00 e. The van der Waals surface area contributed by atoms with E-state index in [0.29, 0.717) is 0 Å². The van der Waals surface area contributed by atoms with Crippen LogP contribution >= 0.6 is 0 Å². The molecule has 0 bridgehead atoms. The first kappa shape index (κ1) is 88.9. The van der Waals surface area contributed by atoms with Gasteiger partial charge < -0.3 is 30.2 Å². The molecule has 0 saturated carbocycles. The Labute approximate surface area is 95.3 Å². The molecule has 0 aromatic heterocycles. The molecule has 0 radical (unpaired) electrons. The largest absolute Gasteiger partial charge is 2.00 e. The van der Waals surface area contributed by atoms with Crippen molar-refractivity contribution in [2.45, 2.75) is 0 Å². The summed E-state index contributed by atoms with van der Waals surface area (Å²) < 4.78 is 8.36. The number of rotatable bonds is 0. The molecule has 7 nitrogen and oxygen atoms in total. The molecule has 60 valence electrons. The number of hydrogen-bond donors (Lipinski definition) is 1. The SMILES string of the molecule is O.O.O.O.O.O=BO.[Ba+2].[H-].[H-]. The van der Waals surface area contributed by atoms with E-state index < -0.39 is 0 Å². The van der Waals surface area contributed by atoms with E-state index in [4.69, 9.17) is 9.73 Å². The Morgan fingerprint density at radius 1 is 1.00 bits per heavy atom. The van der Waals surface area contributed by atoms with Gasteiger partial charge in [-0.2, -0.15) is 0 Å². The third-order valence-corrected chi connectivity index (χ3v) is 0. The summed E-state index contributed by atoms with van der Waals surface area (Å²) >= 11 is 0. The van der Waals surface area contributed by atoms with Crippen LogP contribution in [0.25, 0.3) is 0 Å². The Kier molecular flexibility index (Phi) is 1390. The van der Waals surface area contributed by atoms with Crippen molar-refractivity contribution in [3.05, 3.63) is 0 Å². The van der Waals surface area contributed by atoms with Crippen molar-refractivity contribution in [2.75, 3.05) is 0 Å². The van der Waals surface area contributed by atoms with E-state index in [1.807, 2.05) is 0 Å². The fraction of sp³-hybridized carbons (Fsp3) is 0. The second-order valence-corrected chi connectivity index (χ2v) is 0.105. The molecule has 0 saturated heterocycles. The Balaban J connectivity index is -0.000000000714. The molecule has 0 heterocycles. The van der Waals surface area contributed by atoms with E-state index in [1.54, 1.807) is 0 Å². The molecule has 0 aliphatic heterocycles. The minimum Gasteiger partial charge on any atom is -1.00 e. The van der Waals surface area contributed by atoms with Crippen LogP contribution in [0.3, 0.4) is 0 Å². The van der Waals surface area contributed by atoms with E-state index in [1.165, 1.54) is 0 Å². The zero-order valence-electron chi connectivity index (χ0n) is 6.64. The van der Waals surface area contributed by atoms with E-state index in [-0.39, 0.29) is 86.5 Å². The minimum absolute atomic E-state index is 0. The summed E-state index contributed by atoms with van der Waals surface area (Å²) in [6.45, 7) is 0. The van der Waals surface area contributed by atoms with Crippen molar-refractivity contribution >= 4 is 56.2 Å². The van der Waals surface area contributed by atoms with Gasteiger partial charge in [-0.05, 0) is 0 Å². The van der Waals surface area contributed by atoms with Crippen LogP contribution in [0.2, 0.25) is 0 Å². The van der Waals surface area contributed by atoms with Gasteiger partial charge in [-0.25, -0.2) is 0 Å². The summed E-state index contributed by atoms with van der Waals surface area (Å²) in [5, 5.41) is 6.89. The van der Waals surface area contributed by atoms with Crippen LogP contribution in [0.15, 0.2) is 0 Å². The van der Waals surface area contributed by atoms with Gasteiger partial charge in [0.25, 0.3) is 0 Å². The molecule has 9 heteroatoms. The molecular formula is H13BBaO7. The minimum atomic E-state index is -0.250. The van der Waals surface area contributed by atoms with E-state index in [9.17, 15) is 0 Å². The Morgan fingerprint density at radius 2 is 1.00 bits per heavy atom. The first-order valence-corrected chi connectivity index (χ1v) is 0.494.